The number of carbonyl (C=O) groups excluding carboxylic acids is 4. The van der Waals surface area contributed by atoms with Gasteiger partial charge >= 0.3 is 12.1 Å². The molecule has 1 N–H and O–H groups in total. The Morgan fingerprint density at radius 3 is 2.36 bits per heavy atom. The second kappa shape index (κ2) is 8.73. The highest BCUT2D eigenvalue weighted by Crippen LogP contribution is 2.15. The summed E-state index contributed by atoms with van der Waals surface area (Å²) in [6, 6.07) is 7.86. The molecule has 0 saturated carbocycles. The second-order valence-corrected chi connectivity index (χ2v) is 6.68. The maximum atomic E-state index is 12.6. The predicted molar refractivity (Wildman–Crippen MR) is 99.1 cm³/mol. The Kier molecular flexibility index (Phi) is 6.13. The first-order valence-electron chi connectivity index (χ1n) is 9.35. The first-order valence-corrected chi connectivity index (χ1v) is 9.35. The van der Waals surface area contributed by atoms with Crippen LogP contribution in [0.2, 0.25) is 0 Å². The van der Waals surface area contributed by atoms with Gasteiger partial charge in [-0.2, -0.15) is 0 Å². The zero-order valence-electron chi connectivity index (χ0n) is 15.8. The number of hydrogen-bond donors (Lipinski definition) is 1. The van der Waals surface area contributed by atoms with Crippen LogP contribution < -0.4 is 5.32 Å². The van der Waals surface area contributed by atoms with E-state index in [-0.39, 0.29) is 25.0 Å². The molecule has 9 heteroatoms. The monoisotopic (exact) mass is 388 g/mol. The lowest BCUT2D eigenvalue weighted by Gasteiger charge is -2.34. The number of hydrogen-bond acceptors (Lipinski definition) is 5. The Morgan fingerprint density at radius 1 is 1.07 bits per heavy atom. The molecule has 0 aromatic heterocycles. The van der Waals surface area contributed by atoms with Gasteiger partial charge in [-0.15, -0.1) is 0 Å². The van der Waals surface area contributed by atoms with Crippen LogP contribution in [0.4, 0.5) is 9.59 Å². The van der Waals surface area contributed by atoms with E-state index in [1.807, 2.05) is 30.3 Å². The van der Waals surface area contributed by atoms with E-state index in [1.54, 1.807) is 16.7 Å². The number of nitrogens with one attached hydrogen (secondary N) is 1. The van der Waals surface area contributed by atoms with Gasteiger partial charge in [0.2, 0.25) is 5.91 Å². The fourth-order valence-corrected chi connectivity index (χ4v) is 3.29. The quantitative estimate of drug-likeness (QED) is 0.752. The van der Waals surface area contributed by atoms with Gasteiger partial charge in [-0.05, 0) is 12.5 Å². The van der Waals surface area contributed by atoms with Crippen molar-refractivity contribution in [2.24, 2.45) is 0 Å². The number of amides is 5. The first-order chi connectivity index (χ1) is 13.5. The lowest BCUT2D eigenvalue weighted by atomic mass is 10.1. The minimum absolute atomic E-state index is 0.0880. The molecule has 5 amide bonds. The third-order valence-corrected chi connectivity index (χ3v) is 4.83. The lowest BCUT2D eigenvalue weighted by Crippen LogP contribution is -2.51. The van der Waals surface area contributed by atoms with Crippen LogP contribution in [-0.4, -0.2) is 77.5 Å². The summed E-state index contributed by atoms with van der Waals surface area (Å²) in [6.07, 6.45) is -0.473. The molecule has 150 valence electrons. The Labute approximate surface area is 163 Å². The van der Waals surface area contributed by atoms with Crippen LogP contribution >= 0.6 is 0 Å². The molecule has 0 radical (unpaired) electrons. The van der Waals surface area contributed by atoms with Crippen molar-refractivity contribution >= 4 is 23.9 Å². The summed E-state index contributed by atoms with van der Waals surface area (Å²) in [5, 5.41) is 2.59. The van der Waals surface area contributed by atoms with E-state index < -0.39 is 18.0 Å². The molecule has 9 nitrogen and oxygen atoms in total. The molecule has 3 rings (SSSR count). The van der Waals surface area contributed by atoms with E-state index in [4.69, 9.17) is 4.74 Å². The Bertz CT molecular complexity index is 746. The van der Waals surface area contributed by atoms with Gasteiger partial charge in [-0.3, -0.25) is 14.5 Å². The van der Waals surface area contributed by atoms with E-state index in [0.717, 1.165) is 10.5 Å². The molecule has 2 aliphatic rings. The van der Waals surface area contributed by atoms with E-state index >= 15 is 0 Å². The third kappa shape index (κ3) is 4.41. The third-order valence-electron chi connectivity index (χ3n) is 4.83. The average Bonchev–Trinajstić information content (AvgIpc) is 2.96. The minimum Gasteiger partial charge on any atom is -0.450 e. The maximum absolute atomic E-state index is 12.6. The van der Waals surface area contributed by atoms with Gasteiger partial charge in [-0.25, -0.2) is 9.59 Å². The molecule has 2 heterocycles. The van der Waals surface area contributed by atoms with Crippen molar-refractivity contribution in [3.8, 4) is 0 Å². The molecule has 2 fully saturated rings. The maximum Gasteiger partial charge on any atom is 0.409 e. The van der Waals surface area contributed by atoms with Crippen LogP contribution in [-0.2, 0) is 20.9 Å². The van der Waals surface area contributed by atoms with Crippen LogP contribution in [0.5, 0.6) is 0 Å². The van der Waals surface area contributed by atoms with Crippen molar-refractivity contribution in [2.45, 2.75) is 25.9 Å². The zero-order chi connectivity index (χ0) is 20.1. The van der Waals surface area contributed by atoms with Gasteiger partial charge in [0, 0.05) is 26.2 Å². The number of urea groups is 1. The van der Waals surface area contributed by atoms with E-state index in [2.05, 4.69) is 5.32 Å². The molecule has 2 aliphatic heterocycles. The van der Waals surface area contributed by atoms with Gasteiger partial charge in [0.15, 0.2) is 0 Å². The zero-order valence-corrected chi connectivity index (χ0v) is 15.8. The Balaban J connectivity index is 1.51. The molecule has 0 aliphatic carbocycles. The van der Waals surface area contributed by atoms with E-state index in [1.165, 1.54) is 0 Å². The van der Waals surface area contributed by atoms with Gasteiger partial charge in [-0.1, -0.05) is 30.3 Å². The summed E-state index contributed by atoms with van der Waals surface area (Å²) in [6.45, 7) is 3.74. The Hall–Kier alpha value is -3.10. The van der Waals surface area contributed by atoms with Crippen molar-refractivity contribution in [3.05, 3.63) is 35.9 Å². The fourth-order valence-electron chi connectivity index (χ4n) is 3.29. The molecule has 2 saturated heterocycles. The van der Waals surface area contributed by atoms with Gasteiger partial charge < -0.3 is 19.9 Å². The lowest BCUT2D eigenvalue weighted by molar-refractivity contribution is -0.137. The number of rotatable bonds is 5. The normalized spacial score (nSPS) is 19.6. The Morgan fingerprint density at radius 2 is 1.71 bits per heavy atom. The van der Waals surface area contributed by atoms with Crippen LogP contribution in [0.1, 0.15) is 18.9 Å². The van der Waals surface area contributed by atoms with Gasteiger partial charge in [0.05, 0.1) is 19.6 Å². The summed E-state index contributed by atoms with van der Waals surface area (Å²) in [7, 11) is 0. The molecule has 1 aromatic rings. The summed E-state index contributed by atoms with van der Waals surface area (Å²) in [4.78, 5) is 53.3. The molecule has 28 heavy (non-hydrogen) atoms. The topological polar surface area (TPSA) is 99.3 Å². The van der Waals surface area contributed by atoms with Crippen LogP contribution in [0.3, 0.4) is 0 Å². The second-order valence-electron chi connectivity index (χ2n) is 6.68. The van der Waals surface area contributed by atoms with Crippen molar-refractivity contribution in [2.75, 3.05) is 32.8 Å². The first kappa shape index (κ1) is 19.7. The van der Waals surface area contributed by atoms with Crippen molar-refractivity contribution in [1.29, 1.82) is 0 Å². The number of piperazine rings is 1. The molecule has 0 spiro atoms. The number of benzene rings is 1. The van der Waals surface area contributed by atoms with Crippen LogP contribution in [0.25, 0.3) is 0 Å². The highest BCUT2D eigenvalue weighted by atomic mass is 16.6. The van der Waals surface area contributed by atoms with E-state index in [0.29, 0.717) is 32.8 Å². The van der Waals surface area contributed by atoms with Gasteiger partial charge in [0.25, 0.3) is 5.91 Å². The average molecular weight is 388 g/mol. The molecular formula is C19H24N4O5. The SMILES string of the molecule is CCOC(=O)N1CCN(C(=O)C[C@@H]2NC(=O)N(Cc3ccccc3)C2=O)CC1. The van der Waals surface area contributed by atoms with Crippen molar-refractivity contribution in [1.82, 2.24) is 20.0 Å². The summed E-state index contributed by atoms with van der Waals surface area (Å²) >= 11 is 0. The molecular weight excluding hydrogens is 364 g/mol. The van der Waals surface area contributed by atoms with Gasteiger partial charge in [0.1, 0.15) is 6.04 Å². The molecule has 0 unspecified atom stereocenters. The number of ether oxygens (including phenoxy) is 1. The number of imide groups is 1. The summed E-state index contributed by atoms with van der Waals surface area (Å²) in [5.74, 6) is -0.615. The summed E-state index contributed by atoms with van der Waals surface area (Å²) in [5.41, 5.74) is 0.841. The predicted octanol–water partition coefficient (Wildman–Crippen LogP) is 0.798. The van der Waals surface area contributed by atoms with Crippen molar-refractivity contribution < 1.29 is 23.9 Å². The largest absolute Gasteiger partial charge is 0.450 e. The molecule has 0 bridgehead atoms. The molecule has 1 atom stereocenters. The smallest absolute Gasteiger partial charge is 0.409 e. The molecule has 1 aromatic carbocycles. The highest BCUT2D eigenvalue weighted by Gasteiger charge is 2.40. The minimum atomic E-state index is -0.855. The van der Waals surface area contributed by atoms with E-state index in [9.17, 15) is 19.2 Å². The highest BCUT2D eigenvalue weighted by molar-refractivity contribution is 6.05. The fraction of sp³-hybridized carbons (Fsp3) is 0.474. The van der Waals surface area contributed by atoms with Crippen LogP contribution in [0.15, 0.2) is 30.3 Å². The number of nitrogens with zero attached hydrogens (tertiary/aromatic N) is 3. The summed E-state index contributed by atoms with van der Waals surface area (Å²) < 4.78 is 4.96. The van der Waals surface area contributed by atoms with Crippen LogP contribution in [0, 0.1) is 0 Å². The van der Waals surface area contributed by atoms with Crippen molar-refractivity contribution in [3.63, 3.8) is 0 Å². The number of carbonyl (C=O) groups is 4. The standard InChI is InChI=1S/C19H24N4O5/c1-2-28-19(27)22-10-8-21(9-11-22)16(24)12-15-17(25)23(18(26)20-15)13-14-6-4-3-5-7-14/h3-7,15H,2,8-13H2,1H3,(H,20,26)/t15-/m0/s1.